The minimum absolute atomic E-state index is 0.888. The van der Waals surface area contributed by atoms with E-state index in [0.29, 0.717) is 0 Å². The van der Waals surface area contributed by atoms with Crippen molar-refractivity contribution < 1.29 is 0 Å². The summed E-state index contributed by atoms with van der Waals surface area (Å²) in [7, 11) is 0. The Bertz CT molecular complexity index is 111. The van der Waals surface area contributed by atoms with Gasteiger partial charge in [0.2, 0.25) is 0 Å². The summed E-state index contributed by atoms with van der Waals surface area (Å²) in [6.45, 7) is 6.41. The summed E-state index contributed by atoms with van der Waals surface area (Å²) in [5, 5.41) is 0. The van der Waals surface area contributed by atoms with E-state index < -0.39 is 0 Å². The van der Waals surface area contributed by atoms with Crippen LogP contribution in [0.3, 0.4) is 0 Å². The van der Waals surface area contributed by atoms with Crippen LogP contribution in [-0.2, 0) is 0 Å². The molecule has 1 atom stereocenters. The van der Waals surface area contributed by atoms with Gasteiger partial charge in [0, 0.05) is 0 Å². The standard InChI is InChI=1S/C9H16.C2H6/c1-8-3-6-9(7-8)4-2-5-9;1-2/h8H,2-7H2,1H3;1-2H3. The van der Waals surface area contributed by atoms with Crippen molar-refractivity contribution in [1.29, 1.82) is 0 Å². The maximum absolute atomic E-state index is 2.41. The van der Waals surface area contributed by atoms with Crippen LogP contribution in [0.15, 0.2) is 0 Å². The van der Waals surface area contributed by atoms with Crippen molar-refractivity contribution >= 4 is 0 Å². The highest BCUT2D eigenvalue weighted by Gasteiger charge is 2.41. The topological polar surface area (TPSA) is 0 Å². The van der Waals surface area contributed by atoms with E-state index in [1.165, 1.54) is 12.8 Å². The van der Waals surface area contributed by atoms with Crippen molar-refractivity contribution in [2.75, 3.05) is 0 Å². The van der Waals surface area contributed by atoms with Gasteiger partial charge in [0.1, 0.15) is 0 Å². The fraction of sp³-hybridized carbons (Fsp3) is 1.00. The van der Waals surface area contributed by atoms with Crippen LogP contribution in [0.25, 0.3) is 0 Å². The first kappa shape index (κ1) is 9.09. The predicted molar refractivity (Wildman–Crippen MR) is 50.6 cm³/mol. The van der Waals surface area contributed by atoms with Gasteiger partial charge in [-0.3, -0.25) is 0 Å². The van der Waals surface area contributed by atoms with Gasteiger partial charge in [-0.1, -0.05) is 33.6 Å². The zero-order valence-corrected chi connectivity index (χ0v) is 8.32. The van der Waals surface area contributed by atoms with Crippen molar-refractivity contribution in [1.82, 2.24) is 0 Å². The normalized spacial score (nSPS) is 32.5. The zero-order chi connectivity index (χ0) is 8.32. The van der Waals surface area contributed by atoms with Gasteiger partial charge in [-0.15, -0.1) is 0 Å². The van der Waals surface area contributed by atoms with E-state index in [2.05, 4.69) is 6.92 Å². The Morgan fingerprint density at radius 3 is 1.91 bits per heavy atom. The van der Waals surface area contributed by atoms with Gasteiger partial charge in [0.15, 0.2) is 0 Å². The van der Waals surface area contributed by atoms with Crippen molar-refractivity contribution in [2.24, 2.45) is 11.3 Å². The molecular weight excluding hydrogens is 132 g/mol. The second kappa shape index (κ2) is 3.60. The Labute approximate surface area is 71.4 Å². The Morgan fingerprint density at radius 2 is 1.73 bits per heavy atom. The van der Waals surface area contributed by atoms with Crippen LogP contribution in [0, 0.1) is 11.3 Å². The van der Waals surface area contributed by atoms with Gasteiger partial charge in [-0.2, -0.15) is 0 Å². The molecule has 2 fully saturated rings. The molecule has 66 valence electrons. The first-order chi connectivity index (χ1) is 5.31. The summed E-state index contributed by atoms with van der Waals surface area (Å²) in [5.74, 6) is 1.05. The highest BCUT2D eigenvalue weighted by molar-refractivity contribution is 4.93. The third-order valence-electron chi connectivity index (χ3n) is 3.36. The van der Waals surface area contributed by atoms with Crippen molar-refractivity contribution in [2.45, 2.75) is 59.3 Å². The lowest BCUT2D eigenvalue weighted by atomic mass is 9.67. The molecule has 0 aromatic carbocycles. The largest absolute Gasteiger partial charge is 0.0683 e. The van der Waals surface area contributed by atoms with E-state index in [0.717, 1.165) is 11.3 Å². The number of rotatable bonds is 0. The first-order valence-electron chi connectivity index (χ1n) is 5.31. The van der Waals surface area contributed by atoms with E-state index in [1.807, 2.05) is 13.8 Å². The van der Waals surface area contributed by atoms with Gasteiger partial charge < -0.3 is 0 Å². The molecule has 0 heterocycles. The predicted octanol–water partition coefficient (Wildman–Crippen LogP) is 4.00. The molecule has 2 rings (SSSR count). The smallest absolute Gasteiger partial charge is 0.0295 e. The molecule has 2 aliphatic carbocycles. The number of hydrogen-bond acceptors (Lipinski definition) is 0. The molecule has 2 aliphatic rings. The van der Waals surface area contributed by atoms with Crippen molar-refractivity contribution in [3.8, 4) is 0 Å². The molecule has 11 heavy (non-hydrogen) atoms. The van der Waals surface area contributed by atoms with E-state index >= 15 is 0 Å². The summed E-state index contributed by atoms with van der Waals surface area (Å²) < 4.78 is 0. The average molecular weight is 154 g/mol. The maximum atomic E-state index is 2.41. The highest BCUT2D eigenvalue weighted by Crippen LogP contribution is 2.54. The Morgan fingerprint density at radius 1 is 1.09 bits per heavy atom. The molecule has 0 N–H and O–H groups in total. The van der Waals surface area contributed by atoms with Gasteiger partial charge in [0.05, 0.1) is 0 Å². The van der Waals surface area contributed by atoms with Gasteiger partial charge >= 0.3 is 0 Å². The molecule has 0 saturated heterocycles. The summed E-state index contributed by atoms with van der Waals surface area (Å²) in [5.41, 5.74) is 0.888. The second-order valence-corrected chi connectivity index (χ2v) is 4.20. The fourth-order valence-electron chi connectivity index (χ4n) is 2.63. The molecule has 2 saturated carbocycles. The molecule has 0 aromatic heterocycles. The van der Waals surface area contributed by atoms with Crippen LogP contribution in [-0.4, -0.2) is 0 Å². The molecule has 1 spiro atoms. The lowest BCUT2D eigenvalue weighted by Gasteiger charge is -2.38. The average Bonchev–Trinajstić information content (AvgIpc) is 2.35. The molecule has 0 radical (unpaired) electrons. The summed E-state index contributed by atoms with van der Waals surface area (Å²) in [6, 6.07) is 0. The van der Waals surface area contributed by atoms with Crippen LogP contribution in [0.2, 0.25) is 0 Å². The molecule has 0 aliphatic heterocycles. The molecule has 0 aromatic rings. The zero-order valence-electron chi connectivity index (χ0n) is 8.32. The minimum atomic E-state index is 0.888. The monoisotopic (exact) mass is 154 g/mol. The van der Waals surface area contributed by atoms with Gasteiger partial charge in [-0.05, 0) is 37.0 Å². The second-order valence-electron chi connectivity index (χ2n) is 4.20. The number of hydrogen-bond donors (Lipinski definition) is 0. The Kier molecular flexibility index (Phi) is 2.98. The highest BCUT2D eigenvalue weighted by atomic mass is 14.5. The Hall–Kier alpha value is 0. The van der Waals surface area contributed by atoms with Crippen LogP contribution in [0.4, 0.5) is 0 Å². The van der Waals surface area contributed by atoms with Crippen molar-refractivity contribution in [3.63, 3.8) is 0 Å². The van der Waals surface area contributed by atoms with Crippen LogP contribution < -0.4 is 0 Å². The van der Waals surface area contributed by atoms with Crippen LogP contribution >= 0.6 is 0 Å². The molecule has 0 heteroatoms. The third kappa shape index (κ3) is 1.77. The SMILES string of the molecule is CC.CC1CCC2(CCC2)C1. The first-order valence-corrected chi connectivity index (χ1v) is 5.31. The molecule has 0 bridgehead atoms. The third-order valence-corrected chi connectivity index (χ3v) is 3.36. The van der Waals surface area contributed by atoms with Gasteiger partial charge in [-0.25, -0.2) is 0 Å². The molecule has 1 unspecified atom stereocenters. The van der Waals surface area contributed by atoms with E-state index in [4.69, 9.17) is 0 Å². The maximum Gasteiger partial charge on any atom is -0.0295 e. The minimum Gasteiger partial charge on any atom is -0.0683 e. The molecule has 0 amide bonds. The molecule has 0 nitrogen and oxygen atoms in total. The molecular formula is C11H22. The van der Waals surface area contributed by atoms with E-state index in [-0.39, 0.29) is 0 Å². The fourth-order valence-corrected chi connectivity index (χ4v) is 2.63. The summed E-state index contributed by atoms with van der Waals surface area (Å²) in [6.07, 6.45) is 9.24. The van der Waals surface area contributed by atoms with E-state index in [1.54, 1.807) is 25.7 Å². The quantitative estimate of drug-likeness (QED) is 0.494. The van der Waals surface area contributed by atoms with Crippen LogP contribution in [0.1, 0.15) is 59.3 Å². The van der Waals surface area contributed by atoms with Crippen molar-refractivity contribution in [3.05, 3.63) is 0 Å². The summed E-state index contributed by atoms with van der Waals surface area (Å²) in [4.78, 5) is 0. The lowest BCUT2D eigenvalue weighted by Crippen LogP contribution is -2.25. The Balaban J connectivity index is 0.000000281. The van der Waals surface area contributed by atoms with Gasteiger partial charge in [0.25, 0.3) is 0 Å². The van der Waals surface area contributed by atoms with Crippen LogP contribution in [0.5, 0.6) is 0 Å². The van der Waals surface area contributed by atoms with E-state index in [9.17, 15) is 0 Å². The summed E-state index contributed by atoms with van der Waals surface area (Å²) >= 11 is 0. The lowest BCUT2D eigenvalue weighted by molar-refractivity contribution is 0.138.